The van der Waals surface area contributed by atoms with Crippen molar-refractivity contribution in [1.82, 2.24) is 20.5 Å². The van der Waals surface area contributed by atoms with Crippen molar-refractivity contribution in [2.24, 2.45) is 4.99 Å². The van der Waals surface area contributed by atoms with Gasteiger partial charge in [0.2, 0.25) is 5.91 Å². The molecule has 6 nitrogen and oxygen atoms in total. The standard InChI is InChI=1S/C20H31N5O.HI/c1-20(2,3)24-18(26)14-25(5)19(21-4)22-12-8-9-15-13-23-17-11-7-6-10-16(15)17;/h6-7,10-11,13,23H,8-9,12,14H2,1-5H3,(H,21,22)(H,24,26);1H. The fraction of sp³-hybridized carbons (Fsp3) is 0.500. The van der Waals surface area contributed by atoms with E-state index in [4.69, 9.17) is 0 Å². The molecule has 2 aromatic rings. The lowest BCUT2D eigenvalue weighted by Gasteiger charge is -2.25. The van der Waals surface area contributed by atoms with Crippen LogP contribution >= 0.6 is 24.0 Å². The zero-order chi connectivity index (χ0) is 19.2. The third-order valence-electron chi connectivity index (χ3n) is 4.05. The molecule has 150 valence electrons. The Labute approximate surface area is 179 Å². The average molecular weight is 485 g/mol. The molecule has 0 aliphatic rings. The number of aromatic nitrogens is 1. The number of fused-ring (bicyclic) bond motifs is 1. The van der Waals surface area contributed by atoms with Gasteiger partial charge in [0.1, 0.15) is 0 Å². The van der Waals surface area contributed by atoms with Crippen molar-refractivity contribution in [3.63, 3.8) is 0 Å². The molecule has 0 saturated heterocycles. The summed E-state index contributed by atoms with van der Waals surface area (Å²) in [5.74, 6) is 0.717. The summed E-state index contributed by atoms with van der Waals surface area (Å²) in [6.45, 7) is 7.00. The summed E-state index contributed by atoms with van der Waals surface area (Å²) in [5, 5.41) is 7.58. The molecule has 0 aliphatic heterocycles. The number of carbonyl (C=O) groups is 1. The summed E-state index contributed by atoms with van der Waals surface area (Å²) in [6, 6.07) is 8.35. The summed E-state index contributed by atoms with van der Waals surface area (Å²) >= 11 is 0. The van der Waals surface area contributed by atoms with Gasteiger partial charge in [0, 0.05) is 43.3 Å². The summed E-state index contributed by atoms with van der Waals surface area (Å²) < 4.78 is 0. The van der Waals surface area contributed by atoms with E-state index in [0.717, 1.165) is 25.3 Å². The van der Waals surface area contributed by atoms with Gasteiger partial charge in [-0.15, -0.1) is 24.0 Å². The van der Waals surface area contributed by atoms with Crippen LogP contribution < -0.4 is 10.6 Å². The van der Waals surface area contributed by atoms with Crippen molar-refractivity contribution in [2.45, 2.75) is 39.2 Å². The second kappa shape index (κ2) is 10.5. The number of hydrogen-bond acceptors (Lipinski definition) is 2. The highest BCUT2D eigenvalue weighted by Crippen LogP contribution is 2.18. The quantitative estimate of drug-likeness (QED) is 0.255. The molecule has 27 heavy (non-hydrogen) atoms. The van der Waals surface area contributed by atoms with Crippen molar-refractivity contribution in [3.05, 3.63) is 36.0 Å². The number of para-hydroxylation sites is 1. The Morgan fingerprint density at radius 1 is 1.26 bits per heavy atom. The van der Waals surface area contributed by atoms with Gasteiger partial charge in [-0.25, -0.2) is 0 Å². The van der Waals surface area contributed by atoms with Crippen molar-refractivity contribution >= 4 is 46.7 Å². The Morgan fingerprint density at radius 2 is 1.96 bits per heavy atom. The van der Waals surface area contributed by atoms with E-state index in [1.54, 1.807) is 7.05 Å². The van der Waals surface area contributed by atoms with Crippen LogP contribution in [0.5, 0.6) is 0 Å². The van der Waals surface area contributed by atoms with E-state index < -0.39 is 0 Å². The van der Waals surface area contributed by atoms with Crippen molar-refractivity contribution < 1.29 is 4.79 Å². The van der Waals surface area contributed by atoms with Gasteiger partial charge < -0.3 is 20.5 Å². The molecule has 0 bridgehead atoms. The molecule has 1 amide bonds. The van der Waals surface area contributed by atoms with Gasteiger partial charge in [0.15, 0.2) is 5.96 Å². The topological polar surface area (TPSA) is 72.5 Å². The van der Waals surface area contributed by atoms with E-state index in [-0.39, 0.29) is 42.0 Å². The molecule has 0 spiro atoms. The van der Waals surface area contributed by atoms with Crippen LogP contribution in [0, 0.1) is 0 Å². The number of carbonyl (C=O) groups excluding carboxylic acids is 1. The first-order valence-corrected chi connectivity index (χ1v) is 9.08. The number of halogens is 1. The predicted octanol–water partition coefficient (Wildman–Crippen LogP) is 3.14. The summed E-state index contributed by atoms with van der Waals surface area (Å²) in [7, 11) is 3.61. The first-order chi connectivity index (χ1) is 12.3. The Kier molecular flexibility index (Phi) is 9.08. The monoisotopic (exact) mass is 485 g/mol. The number of H-pyrrole nitrogens is 1. The molecule has 0 fully saturated rings. The Hall–Kier alpha value is -1.77. The van der Waals surface area contributed by atoms with Crippen LogP contribution in [0.1, 0.15) is 32.8 Å². The maximum atomic E-state index is 12.1. The number of benzene rings is 1. The van der Waals surface area contributed by atoms with Crippen molar-refractivity contribution in [3.8, 4) is 0 Å². The fourth-order valence-corrected chi connectivity index (χ4v) is 2.95. The minimum absolute atomic E-state index is 0. The largest absolute Gasteiger partial charge is 0.361 e. The van der Waals surface area contributed by atoms with Gasteiger partial charge in [0.25, 0.3) is 0 Å². The average Bonchev–Trinajstić information content (AvgIpc) is 2.96. The Morgan fingerprint density at radius 3 is 2.63 bits per heavy atom. The lowest BCUT2D eigenvalue weighted by atomic mass is 10.1. The maximum absolute atomic E-state index is 12.1. The van der Waals surface area contributed by atoms with E-state index in [1.807, 2.05) is 38.8 Å². The van der Waals surface area contributed by atoms with E-state index in [1.165, 1.54) is 16.5 Å². The molecular formula is C20H32IN5O. The minimum Gasteiger partial charge on any atom is -0.361 e. The first kappa shape index (κ1) is 23.3. The molecule has 0 saturated carbocycles. The van der Waals surface area contributed by atoms with Gasteiger partial charge in [0.05, 0.1) is 6.54 Å². The van der Waals surface area contributed by atoms with E-state index in [9.17, 15) is 4.79 Å². The lowest BCUT2D eigenvalue weighted by Crippen LogP contribution is -2.48. The number of amides is 1. The van der Waals surface area contributed by atoms with Gasteiger partial charge in [-0.2, -0.15) is 0 Å². The molecule has 1 aromatic carbocycles. The number of rotatable bonds is 6. The van der Waals surface area contributed by atoms with Crippen LogP contribution in [0.2, 0.25) is 0 Å². The number of aryl methyl sites for hydroxylation is 1. The van der Waals surface area contributed by atoms with Crippen molar-refractivity contribution in [2.75, 3.05) is 27.2 Å². The third kappa shape index (κ3) is 7.40. The van der Waals surface area contributed by atoms with E-state index in [0.29, 0.717) is 0 Å². The lowest BCUT2D eigenvalue weighted by molar-refractivity contribution is -0.122. The fourth-order valence-electron chi connectivity index (χ4n) is 2.95. The molecule has 0 aliphatic carbocycles. The molecule has 0 atom stereocenters. The van der Waals surface area contributed by atoms with Crippen LogP contribution in [0.15, 0.2) is 35.5 Å². The van der Waals surface area contributed by atoms with Crippen LogP contribution in [-0.2, 0) is 11.2 Å². The third-order valence-corrected chi connectivity index (χ3v) is 4.05. The predicted molar refractivity (Wildman–Crippen MR) is 124 cm³/mol. The van der Waals surface area contributed by atoms with Crippen LogP contribution in [0.3, 0.4) is 0 Å². The zero-order valence-electron chi connectivity index (χ0n) is 16.9. The second-order valence-corrected chi connectivity index (χ2v) is 7.59. The molecule has 2 rings (SSSR count). The number of likely N-dealkylation sites (N-methyl/N-ethyl adjacent to an activating group) is 1. The molecule has 0 radical (unpaired) electrons. The van der Waals surface area contributed by atoms with Crippen molar-refractivity contribution in [1.29, 1.82) is 0 Å². The van der Waals surface area contributed by atoms with E-state index in [2.05, 4.69) is 45.0 Å². The zero-order valence-corrected chi connectivity index (χ0v) is 19.3. The number of hydrogen-bond donors (Lipinski definition) is 3. The molecule has 3 N–H and O–H groups in total. The van der Waals surface area contributed by atoms with E-state index >= 15 is 0 Å². The second-order valence-electron chi connectivity index (χ2n) is 7.59. The summed E-state index contributed by atoms with van der Waals surface area (Å²) in [6.07, 6.45) is 4.06. The van der Waals surface area contributed by atoms with Gasteiger partial charge >= 0.3 is 0 Å². The Bertz CT molecular complexity index is 763. The van der Waals surface area contributed by atoms with Crippen LogP contribution in [0.25, 0.3) is 10.9 Å². The smallest absolute Gasteiger partial charge is 0.240 e. The normalized spacial score (nSPS) is 11.8. The molecule has 0 unspecified atom stereocenters. The number of nitrogens with one attached hydrogen (secondary N) is 3. The minimum atomic E-state index is -0.228. The molecule has 7 heteroatoms. The highest BCUT2D eigenvalue weighted by atomic mass is 127. The Balaban J connectivity index is 0.00000364. The number of aromatic amines is 1. The first-order valence-electron chi connectivity index (χ1n) is 9.08. The van der Waals surface area contributed by atoms with Crippen LogP contribution in [-0.4, -0.2) is 54.5 Å². The molecule has 1 heterocycles. The van der Waals surface area contributed by atoms with Gasteiger partial charge in [-0.05, 0) is 45.2 Å². The van der Waals surface area contributed by atoms with Gasteiger partial charge in [-0.1, -0.05) is 18.2 Å². The maximum Gasteiger partial charge on any atom is 0.240 e. The highest BCUT2D eigenvalue weighted by molar-refractivity contribution is 14.0. The van der Waals surface area contributed by atoms with Crippen LogP contribution in [0.4, 0.5) is 0 Å². The number of nitrogens with zero attached hydrogens (tertiary/aromatic N) is 2. The number of guanidine groups is 1. The van der Waals surface area contributed by atoms with Gasteiger partial charge in [-0.3, -0.25) is 9.79 Å². The molecule has 1 aromatic heterocycles. The highest BCUT2D eigenvalue weighted by Gasteiger charge is 2.16. The summed E-state index contributed by atoms with van der Waals surface area (Å²) in [5.41, 5.74) is 2.28. The number of aliphatic imine (C=N–C) groups is 1. The summed E-state index contributed by atoms with van der Waals surface area (Å²) in [4.78, 5) is 21.5. The SMILES string of the molecule is CN=C(NCCCc1c[nH]c2ccccc12)N(C)CC(=O)NC(C)(C)C.I. The molecular weight excluding hydrogens is 453 g/mol.